The molecule has 21 heavy (non-hydrogen) atoms. The van der Waals surface area contributed by atoms with E-state index in [1.165, 1.54) is 6.07 Å². The van der Waals surface area contributed by atoms with E-state index in [0.717, 1.165) is 25.3 Å². The predicted molar refractivity (Wildman–Crippen MR) is 61.3 cm³/mol. The quantitative estimate of drug-likeness (QED) is 0.399. The highest BCUT2D eigenvalue weighted by atomic mass is 19.4. The van der Waals surface area contributed by atoms with Crippen LogP contribution >= 0.6 is 0 Å². The molecule has 0 aliphatic rings. The number of carbonyl (C=O) groups is 2. The van der Waals surface area contributed by atoms with Crippen LogP contribution in [-0.4, -0.2) is 41.0 Å². The van der Waals surface area contributed by atoms with Gasteiger partial charge in [-0.3, -0.25) is 4.79 Å². The third-order valence-electron chi connectivity index (χ3n) is 2.57. The minimum Gasteiger partial charge on any atom is -0.465 e. The van der Waals surface area contributed by atoms with Gasteiger partial charge in [-0.25, -0.2) is 14.1 Å². The molecule has 9 heteroatoms. The van der Waals surface area contributed by atoms with Crippen molar-refractivity contribution in [3.8, 4) is 0 Å². The zero-order valence-electron chi connectivity index (χ0n) is 10.9. The van der Waals surface area contributed by atoms with Gasteiger partial charge >= 0.3 is 12.3 Å². The number of aliphatic hydroxyl groups is 1. The summed E-state index contributed by atoms with van der Waals surface area (Å²) in [6.07, 6.45) is -5.43. The van der Waals surface area contributed by atoms with Gasteiger partial charge in [0.15, 0.2) is 0 Å². The highest BCUT2D eigenvalue weighted by Crippen LogP contribution is 2.31. The lowest BCUT2D eigenvalue weighted by Gasteiger charge is -2.35. The van der Waals surface area contributed by atoms with Gasteiger partial charge in [-0.05, 0) is 19.1 Å². The molecule has 0 heterocycles. The van der Waals surface area contributed by atoms with Crippen LogP contribution in [0.2, 0.25) is 0 Å². The summed E-state index contributed by atoms with van der Waals surface area (Å²) >= 11 is 0. The van der Waals surface area contributed by atoms with E-state index in [1.54, 1.807) is 0 Å². The van der Waals surface area contributed by atoms with E-state index >= 15 is 0 Å². The molecule has 1 amide bonds. The summed E-state index contributed by atoms with van der Waals surface area (Å²) < 4.78 is 56.5. The maximum Gasteiger partial charge on any atom is 0.490 e. The van der Waals surface area contributed by atoms with Gasteiger partial charge in [0.1, 0.15) is 5.82 Å². The number of alkyl halides is 3. The Kier molecular flexibility index (Phi) is 4.57. The smallest absolute Gasteiger partial charge is 0.465 e. The second-order valence-corrected chi connectivity index (χ2v) is 4.10. The number of carbonyl (C=O) groups excluding carboxylic acids is 2. The van der Waals surface area contributed by atoms with Gasteiger partial charge in [-0.15, -0.1) is 13.2 Å². The first-order valence-electron chi connectivity index (χ1n) is 5.50. The van der Waals surface area contributed by atoms with E-state index in [2.05, 4.69) is 4.74 Å². The van der Waals surface area contributed by atoms with Crippen molar-refractivity contribution in [1.29, 1.82) is 0 Å². The fourth-order valence-corrected chi connectivity index (χ4v) is 1.60. The molecule has 0 aliphatic heterocycles. The summed E-state index contributed by atoms with van der Waals surface area (Å²) in [5, 5.41) is 9.69. The summed E-state index contributed by atoms with van der Waals surface area (Å²) in [6, 6.07) is 3.87. The molecule has 0 unspecified atom stereocenters. The zero-order valence-corrected chi connectivity index (χ0v) is 10.9. The van der Waals surface area contributed by atoms with E-state index in [4.69, 9.17) is 0 Å². The molecular weight excluding hydrogens is 298 g/mol. The molecule has 0 fully saturated rings. The van der Waals surface area contributed by atoms with Crippen LogP contribution in [-0.2, 0) is 9.53 Å². The molecular formula is C12H11F4NO4. The Morgan fingerprint density at radius 1 is 1.24 bits per heavy atom. The van der Waals surface area contributed by atoms with E-state index in [-0.39, 0.29) is 0 Å². The van der Waals surface area contributed by atoms with Crippen molar-refractivity contribution in [2.45, 2.75) is 18.9 Å². The van der Waals surface area contributed by atoms with Crippen LogP contribution < -0.4 is 0 Å². The Labute approximate surface area is 116 Å². The van der Waals surface area contributed by atoms with E-state index in [1.807, 2.05) is 0 Å². The minimum atomic E-state index is -5.43. The van der Waals surface area contributed by atoms with Crippen molar-refractivity contribution in [2.24, 2.45) is 0 Å². The molecule has 0 spiro atoms. The lowest BCUT2D eigenvalue weighted by molar-refractivity contribution is -0.286. The van der Waals surface area contributed by atoms with Crippen molar-refractivity contribution in [3.05, 3.63) is 35.6 Å². The Morgan fingerprint density at radius 2 is 1.76 bits per heavy atom. The van der Waals surface area contributed by atoms with Crippen LogP contribution in [0.1, 0.15) is 17.3 Å². The maximum absolute atomic E-state index is 13.4. The Morgan fingerprint density at radius 3 is 2.19 bits per heavy atom. The van der Waals surface area contributed by atoms with Crippen LogP contribution in [0, 0.1) is 5.82 Å². The number of rotatable bonds is 3. The van der Waals surface area contributed by atoms with Gasteiger partial charge in [-0.1, -0.05) is 12.1 Å². The normalized spacial score (nSPS) is 14.2. The van der Waals surface area contributed by atoms with Crippen LogP contribution in [0.25, 0.3) is 0 Å². The lowest BCUT2D eigenvalue weighted by atomic mass is 10.1. The van der Waals surface area contributed by atoms with E-state index in [0.29, 0.717) is 6.92 Å². The Hall–Kier alpha value is -2.16. The first-order valence-corrected chi connectivity index (χ1v) is 5.50. The van der Waals surface area contributed by atoms with Crippen molar-refractivity contribution >= 4 is 11.9 Å². The van der Waals surface area contributed by atoms with Crippen molar-refractivity contribution in [3.63, 3.8) is 0 Å². The number of hydrogen-bond acceptors (Lipinski definition) is 4. The Bertz CT molecular complexity index is 556. The largest absolute Gasteiger partial charge is 0.490 e. The fourth-order valence-electron chi connectivity index (χ4n) is 1.60. The molecule has 1 rings (SSSR count). The van der Waals surface area contributed by atoms with Gasteiger partial charge in [0.2, 0.25) is 5.72 Å². The van der Waals surface area contributed by atoms with Crippen LogP contribution in [0.5, 0.6) is 0 Å². The lowest BCUT2D eigenvalue weighted by Crippen LogP contribution is -2.61. The SMILES string of the molecule is COC(=O)[C@](C)(O)N(C(=O)c1ccccc1F)C(F)(F)F. The maximum atomic E-state index is 13.4. The molecule has 0 saturated heterocycles. The van der Waals surface area contributed by atoms with Gasteiger partial charge in [0.25, 0.3) is 5.91 Å². The van der Waals surface area contributed by atoms with Gasteiger partial charge < -0.3 is 9.84 Å². The first kappa shape index (κ1) is 16.9. The molecule has 0 aliphatic carbocycles. The third-order valence-corrected chi connectivity index (χ3v) is 2.57. The molecule has 1 aromatic carbocycles. The molecule has 0 aromatic heterocycles. The van der Waals surface area contributed by atoms with E-state index in [9.17, 15) is 32.3 Å². The number of methoxy groups -OCH3 is 1. The van der Waals surface area contributed by atoms with Gasteiger partial charge in [0.05, 0.1) is 12.7 Å². The van der Waals surface area contributed by atoms with Crippen molar-refractivity contribution < 1.29 is 37.0 Å². The van der Waals surface area contributed by atoms with E-state index < -0.39 is 40.2 Å². The zero-order chi connectivity index (χ0) is 16.4. The van der Waals surface area contributed by atoms with Crippen molar-refractivity contribution in [2.75, 3.05) is 7.11 Å². The average molecular weight is 309 g/mol. The number of halogens is 4. The minimum absolute atomic E-state index is 0.422. The van der Waals surface area contributed by atoms with Crippen LogP contribution in [0.3, 0.4) is 0 Å². The molecule has 1 aromatic rings. The highest BCUT2D eigenvalue weighted by molar-refractivity contribution is 5.97. The summed E-state index contributed by atoms with van der Waals surface area (Å²) in [5.74, 6) is -4.86. The summed E-state index contributed by atoms with van der Waals surface area (Å²) in [4.78, 5) is 22.1. The Balaban J connectivity index is 3.38. The van der Waals surface area contributed by atoms with Crippen LogP contribution in [0.15, 0.2) is 24.3 Å². The summed E-state index contributed by atoms with van der Waals surface area (Å²) in [5.41, 5.74) is -4.29. The highest BCUT2D eigenvalue weighted by Gasteiger charge is 2.56. The topological polar surface area (TPSA) is 66.8 Å². The molecule has 0 radical (unpaired) electrons. The molecule has 5 nitrogen and oxygen atoms in total. The number of hydrogen-bond donors (Lipinski definition) is 1. The number of amides is 1. The van der Waals surface area contributed by atoms with Crippen LogP contribution in [0.4, 0.5) is 17.6 Å². The van der Waals surface area contributed by atoms with Crippen molar-refractivity contribution in [1.82, 2.24) is 4.90 Å². The number of nitrogens with zero attached hydrogens (tertiary/aromatic N) is 1. The first-order chi connectivity index (χ1) is 9.53. The molecule has 1 atom stereocenters. The van der Waals surface area contributed by atoms with Gasteiger partial charge in [-0.2, -0.15) is 0 Å². The molecule has 0 bridgehead atoms. The monoisotopic (exact) mass is 309 g/mol. The average Bonchev–Trinajstić information content (AvgIpc) is 2.36. The second kappa shape index (κ2) is 5.68. The third kappa shape index (κ3) is 3.30. The number of ether oxygens (including phenoxy) is 1. The molecule has 116 valence electrons. The summed E-state index contributed by atoms with van der Waals surface area (Å²) in [6.45, 7) is 0.422. The molecule has 1 N–H and O–H groups in total. The summed E-state index contributed by atoms with van der Waals surface area (Å²) in [7, 11) is 0.735. The predicted octanol–water partition coefficient (Wildman–Crippen LogP) is 1.67. The number of benzene rings is 1. The van der Waals surface area contributed by atoms with Gasteiger partial charge in [0, 0.05) is 0 Å². The second-order valence-electron chi connectivity index (χ2n) is 4.10. The standard InChI is InChI=1S/C12H11F4NO4/c1-11(20,10(19)21-2)17(12(14,15)16)9(18)7-5-3-4-6-8(7)13/h3-6,20H,1-2H3/t11-/m0/s1. The molecule has 0 saturated carbocycles. The number of esters is 1. The fraction of sp³-hybridized carbons (Fsp3) is 0.333.